The molecule has 0 fully saturated rings. The third kappa shape index (κ3) is 3.03. The second-order valence-corrected chi connectivity index (χ2v) is 4.12. The van der Waals surface area contributed by atoms with Crippen LogP contribution >= 0.6 is 23.2 Å². The van der Waals surface area contributed by atoms with Crippen molar-refractivity contribution in [1.29, 1.82) is 0 Å². The van der Waals surface area contributed by atoms with Crippen LogP contribution in [0.5, 0.6) is 6.01 Å². The average molecular weight is 284 g/mol. The van der Waals surface area contributed by atoms with Gasteiger partial charge in [0.15, 0.2) is 11.0 Å². The van der Waals surface area contributed by atoms with Crippen LogP contribution in [0.4, 0.5) is 11.5 Å². The molecule has 0 aliphatic carbocycles. The molecule has 1 heterocycles. The predicted molar refractivity (Wildman–Crippen MR) is 72.9 cm³/mol. The van der Waals surface area contributed by atoms with E-state index in [1.54, 1.807) is 0 Å². The maximum atomic E-state index is 6.04. The average Bonchev–Trinajstić information content (AvgIpc) is 2.37. The predicted octanol–water partition coefficient (Wildman–Crippen LogP) is 3.93. The summed E-state index contributed by atoms with van der Waals surface area (Å²) in [6.45, 7) is 2.30. The molecule has 18 heavy (non-hydrogen) atoms. The topological polar surface area (TPSA) is 47.0 Å². The van der Waals surface area contributed by atoms with Gasteiger partial charge >= 0.3 is 6.01 Å². The minimum Gasteiger partial charge on any atom is -0.464 e. The Bertz CT molecular complexity index is 534. The smallest absolute Gasteiger partial charge is 0.319 e. The lowest BCUT2D eigenvalue weighted by Gasteiger charge is -2.09. The van der Waals surface area contributed by atoms with Crippen molar-refractivity contribution in [1.82, 2.24) is 9.97 Å². The number of hydrogen-bond acceptors (Lipinski definition) is 4. The van der Waals surface area contributed by atoms with E-state index < -0.39 is 0 Å². The number of nitrogens with one attached hydrogen (secondary N) is 1. The summed E-state index contributed by atoms with van der Waals surface area (Å²) in [5.74, 6) is 0.423. The van der Waals surface area contributed by atoms with Gasteiger partial charge in [0.2, 0.25) is 0 Å². The lowest BCUT2D eigenvalue weighted by atomic mass is 10.3. The number of ether oxygens (including phenoxy) is 1. The Morgan fingerprint density at radius 3 is 2.56 bits per heavy atom. The number of benzene rings is 1. The Labute approximate surface area is 115 Å². The molecule has 0 amide bonds. The molecule has 1 aromatic heterocycles. The summed E-state index contributed by atoms with van der Waals surface area (Å²) in [6, 6.07) is 9.72. The Morgan fingerprint density at radius 2 is 1.89 bits per heavy atom. The Hall–Kier alpha value is -1.52. The second-order valence-electron chi connectivity index (χ2n) is 3.38. The molecule has 6 heteroatoms. The van der Waals surface area contributed by atoms with E-state index in [2.05, 4.69) is 15.3 Å². The fraction of sp³-hybridized carbons (Fsp3) is 0.167. The van der Waals surface area contributed by atoms with E-state index in [-0.39, 0.29) is 16.2 Å². The molecule has 1 aromatic carbocycles. The number of aromatic nitrogens is 2. The van der Waals surface area contributed by atoms with Crippen molar-refractivity contribution < 1.29 is 4.74 Å². The first kappa shape index (κ1) is 12.9. The quantitative estimate of drug-likeness (QED) is 0.864. The molecule has 0 aliphatic heterocycles. The van der Waals surface area contributed by atoms with Crippen molar-refractivity contribution in [3.63, 3.8) is 0 Å². The van der Waals surface area contributed by atoms with Gasteiger partial charge in [0.1, 0.15) is 5.02 Å². The molecule has 2 rings (SSSR count). The first-order valence-electron chi connectivity index (χ1n) is 5.38. The molecule has 4 nitrogen and oxygen atoms in total. The number of para-hydroxylation sites is 1. The van der Waals surface area contributed by atoms with Gasteiger partial charge in [-0.25, -0.2) is 0 Å². The van der Waals surface area contributed by atoms with E-state index in [9.17, 15) is 0 Å². The van der Waals surface area contributed by atoms with E-state index in [1.165, 1.54) is 0 Å². The van der Waals surface area contributed by atoms with Gasteiger partial charge in [-0.3, -0.25) is 0 Å². The first-order chi connectivity index (χ1) is 8.70. The zero-order valence-corrected chi connectivity index (χ0v) is 11.2. The highest BCUT2D eigenvalue weighted by Crippen LogP contribution is 2.30. The van der Waals surface area contributed by atoms with Crippen molar-refractivity contribution in [2.24, 2.45) is 0 Å². The van der Waals surface area contributed by atoms with E-state index in [0.717, 1.165) is 5.69 Å². The lowest BCUT2D eigenvalue weighted by Crippen LogP contribution is -2.02. The molecule has 1 N–H and O–H groups in total. The summed E-state index contributed by atoms with van der Waals surface area (Å²) in [5.41, 5.74) is 0.858. The third-order valence-electron chi connectivity index (χ3n) is 2.10. The molecule has 0 saturated carbocycles. The van der Waals surface area contributed by atoms with Gasteiger partial charge < -0.3 is 10.1 Å². The van der Waals surface area contributed by atoms with Crippen LogP contribution in [0.1, 0.15) is 6.92 Å². The standard InChI is InChI=1S/C12H11Cl2N3O/c1-2-18-12-16-10(14)9(13)11(17-12)15-8-6-4-3-5-7-8/h3-7H,2H2,1H3,(H,15,16,17). The maximum absolute atomic E-state index is 6.04. The SMILES string of the molecule is CCOc1nc(Cl)c(Cl)c(Nc2ccccc2)n1. The highest BCUT2D eigenvalue weighted by atomic mass is 35.5. The maximum Gasteiger partial charge on any atom is 0.319 e. The van der Waals surface area contributed by atoms with Gasteiger partial charge in [-0.05, 0) is 19.1 Å². The second kappa shape index (κ2) is 5.89. The van der Waals surface area contributed by atoms with Crippen molar-refractivity contribution in [2.75, 3.05) is 11.9 Å². The molecule has 0 saturated heterocycles. The number of anilines is 2. The first-order valence-corrected chi connectivity index (χ1v) is 6.14. The summed E-state index contributed by atoms with van der Waals surface area (Å²) in [5, 5.41) is 3.49. The molecule has 0 aliphatic rings. The molecule has 0 unspecified atom stereocenters. The molecule has 0 radical (unpaired) electrons. The van der Waals surface area contributed by atoms with E-state index >= 15 is 0 Å². The third-order valence-corrected chi connectivity index (χ3v) is 2.83. The van der Waals surface area contributed by atoms with Gasteiger partial charge in [0.05, 0.1) is 6.61 Å². The van der Waals surface area contributed by atoms with Gasteiger partial charge in [0, 0.05) is 5.69 Å². The minimum absolute atomic E-state index is 0.161. The van der Waals surface area contributed by atoms with Gasteiger partial charge in [-0.15, -0.1) is 0 Å². The largest absolute Gasteiger partial charge is 0.464 e. The number of nitrogens with zero attached hydrogens (tertiary/aromatic N) is 2. The van der Waals surface area contributed by atoms with E-state index in [4.69, 9.17) is 27.9 Å². The van der Waals surface area contributed by atoms with Crippen LogP contribution in [0.15, 0.2) is 30.3 Å². The van der Waals surface area contributed by atoms with Crippen LogP contribution in [0.2, 0.25) is 10.2 Å². The van der Waals surface area contributed by atoms with Crippen LogP contribution in [-0.2, 0) is 0 Å². The van der Waals surface area contributed by atoms with Crippen molar-refractivity contribution >= 4 is 34.7 Å². The zero-order chi connectivity index (χ0) is 13.0. The Kier molecular flexibility index (Phi) is 4.23. The zero-order valence-electron chi connectivity index (χ0n) is 9.65. The molecule has 0 bridgehead atoms. The summed E-state index contributed by atoms with van der Waals surface area (Å²) in [4.78, 5) is 8.08. The molecular formula is C12H11Cl2N3O. The van der Waals surface area contributed by atoms with E-state index in [1.807, 2.05) is 37.3 Å². The summed E-state index contributed by atoms with van der Waals surface area (Å²) >= 11 is 12.0. The van der Waals surface area contributed by atoms with Crippen LogP contribution in [-0.4, -0.2) is 16.6 Å². The monoisotopic (exact) mass is 283 g/mol. The van der Waals surface area contributed by atoms with Gasteiger partial charge in [0.25, 0.3) is 0 Å². The number of halogens is 2. The molecule has 0 atom stereocenters. The van der Waals surface area contributed by atoms with Crippen LogP contribution in [0, 0.1) is 0 Å². The number of hydrogen-bond donors (Lipinski definition) is 1. The lowest BCUT2D eigenvalue weighted by molar-refractivity contribution is 0.313. The molecule has 0 spiro atoms. The normalized spacial score (nSPS) is 10.2. The van der Waals surface area contributed by atoms with Crippen LogP contribution < -0.4 is 10.1 Å². The molecule has 2 aromatic rings. The van der Waals surface area contributed by atoms with Crippen molar-refractivity contribution in [2.45, 2.75) is 6.92 Å². The summed E-state index contributed by atoms with van der Waals surface area (Å²) < 4.78 is 5.21. The van der Waals surface area contributed by atoms with Gasteiger partial charge in [-0.2, -0.15) is 9.97 Å². The fourth-order valence-electron chi connectivity index (χ4n) is 1.34. The van der Waals surface area contributed by atoms with Crippen LogP contribution in [0.25, 0.3) is 0 Å². The fourth-order valence-corrected chi connectivity index (χ4v) is 1.63. The van der Waals surface area contributed by atoms with Gasteiger partial charge in [-0.1, -0.05) is 41.4 Å². The van der Waals surface area contributed by atoms with E-state index in [0.29, 0.717) is 12.4 Å². The Balaban J connectivity index is 2.31. The van der Waals surface area contributed by atoms with Crippen LogP contribution in [0.3, 0.4) is 0 Å². The Morgan fingerprint density at radius 1 is 1.17 bits per heavy atom. The summed E-state index contributed by atoms with van der Waals surface area (Å²) in [6.07, 6.45) is 0. The molecule has 94 valence electrons. The summed E-state index contributed by atoms with van der Waals surface area (Å²) in [7, 11) is 0. The van der Waals surface area contributed by atoms with Crippen molar-refractivity contribution in [3.8, 4) is 6.01 Å². The highest BCUT2D eigenvalue weighted by molar-refractivity contribution is 6.42. The number of rotatable bonds is 4. The minimum atomic E-state index is 0.161. The highest BCUT2D eigenvalue weighted by Gasteiger charge is 2.12. The molecular weight excluding hydrogens is 273 g/mol. The van der Waals surface area contributed by atoms with Crippen molar-refractivity contribution in [3.05, 3.63) is 40.5 Å².